The predicted octanol–water partition coefficient (Wildman–Crippen LogP) is 2.13. The SMILES string of the molecule is COc1nc(C)nc2sc(SC)nc12. The lowest BCUT2D eigenvalue weighted by Crippen LogP contribution is -1.93. The maximum absolute atomic E-state index is 5.15. The van der Waals surface area contributed by atoms with Gasteiger partial charge < -0.3 is 4.74 Å². The van der Waals surface area contributed by atoms with Gasteiger partial charge in [0.05, 0.1) is 7.11 Å². The molecule has 2 aromatic heterocycles. The topological polar surface area (TPSA) is 47.9 Å². The molecule has 0 aliphatic rings. The third kappa shape index (κ3) is 1.55. The summed E-state index contributed by atoms with van der Waals surface area (Å²) in [5.74, 6) is 1.27. The smallest absolute Gasteiger partial charge is 0.244 e. The molecule has 0 unspecified atom stereocenters. The zero-order chi connectivity index (χ0) is 10.1. The van der Waals surface area contributed by atoms with Crippen LogP contribution in [-0.2, 0) is 0 Å². The van der Waals surface area contributed by atoms with Crippen LogP contribution in [0.4, 0.5) is 0 Å². The lowest BCUT2D eigenvalue weighted by molar-refractivity contribution is 0.400. The van der Waals surface area contributed by atoms with Crippen molar-refractivity contribution in [2.24, 2.45) is 0 Å². The average Bonchev–Trinajstić information content (AvgIpc) is 2.59. The summed E-state index contributed by atoms with van der Waals surface area (Å²) in [7, 11) is 1.60. The summed E-state index contributed by atoms with van der Waals surface area (Å²) >= 11 is 3.17. The van der Waals surface area contributed by atoms with Gasteiger partial charge in [-0.05, 0) is 13.2 Å². The Morgan fingerprint density at radius 1 is 1.29 bits per heavy atom. The van der Waals surface area contributed by atoms with Gasteiger partial charge in [-0.15, -0.1) is 0 Å². The van der Waals surface area contributed by atoms with E-state index < -0.39 is 0 Å². The second kappa shape index (κ2) is 3.70. The Hall–Kier alpha value is -0.880. The molecule has 2 aromatic rings. The number of thioether (sulfide) groups is 1. The maximum atomic E-state index is 5.15. The quantitative estimate of drug-likeness (QED) is 0.735. The highest BCUT2D eigenvalue weighted by Crippen LogP contribution is 2.30. The summed E-state index contributed by atoms with van der Waals surface area (Å²) in [6, 6.07) is 0. The van der Waals surface area contributed by atoms with E-state index in [1.54, 1.807) is 30.2 Å². The lowest BCUT2D eigenvalue weighted by Gasteiger charge is -1.98. The fraction of sp³-hybridized carbons (Fsp3) is 0.375. The van der Waals surface area contributed by atoms with Crippen LogP contribution in [0.15, 0.2) is 4.34 Å². The molecule has 0 amide bonds. The number of hydrogen-bond donors (Lipinski definition) is 0. The van der Waals surface area contributed by atoms with E-state index in [1.165, 1.54) is 0 Å². The Balaban J connectivity index is 2.71. The standard InChI is InChI=1S/C8H9N3OS2/c1-4-9-6(12-2)5-7(10-4)14-8(11-5)13-3/h1-3H3. The fourth-order valence-corrected chi connectivity index (χ4v) is 2.57. The maximum Gasteiger partial charge on any atom is 0.244 e. The normalized spacial score (nSPS) is 10.8. The van der Waals surface area contributed by atoms with Gasteiger partial charge in [-0.2, -0.15) is 4.98 Å². The van der Waals surface area contributed by atoms with Crippen LogP contribution in [0.25, 0.3) is 10.3 Å². The Labute approximate surface area is 89.7 Å². The molecule has 0 aliphatic carbocycles. The van der Waals surface area contributed by atoms with E-state index >= 15 is 0 Å². The Bertz CT molecular complexity index is 469. The fourth-order valence-electron chi connectivity index (χ4n) is 1.11. The van der Waals surface area contributed by atoms with Crippen LogP contribution >= 0.6 is 23.1 Å². The van der Waals surface area contributed by atoms with Crippen molar-refractivity contribution in [3.8, 4) is 5.88 Å². The molecule has 0 saturated carbocycles. The van der Waals surface area contributed by atoms with Gasteiger partial charge in [-0.1, -0.05) is 23.1 Å². The first kappa shape index (κ1) is 9.67. The first-order valence-corrected chi connectivity index (χ1v) is 6.02. The molecule has 0 N–H and O–H groups in total. The van der Waals surface area contributed by atoms with Crippen molar-refractivity contribution in [2.75, 3.05) is 13.4 Å². The summed E-state index contributed by atoms with van der Waals surface area (Å²) < 4.78 is 6.13. The Kier molecular flexibility index (Phi) is 2.56. The monoisotopic (exact) mass is 227 g/mol. The van der Waals surface area contributed by atoms with Gasteiger partial charge in [-0.3, -0.25) is 0 Å². The number of nitrogens with zero attached hydrogens (tertiary/aromatic N) is 3. The average molecular weight is 227 g/mol. The number of rotatable bonds is 2. The summed E-state index contributed by atoms with van der Waals surface area (Å²) in [5.41, 5.74) is 0.757. The first-order chi connectivity index (χ1) is 6.74. The molecule has 6 heteroatoms. The van der Waals surface area contributed by atoms with E-state index in [4.69, 9.17) is 4.74 Å². The van der Waals surface area contributed by atoms with Crippen LogP contribution in [0.5, 0.6) is 5.88 Å². The number of aryl methyl sites for hydroxylation is 1. The number of methoxy groups -OCH3 is 1. The molecule has 2 heterocycles. The molecule has 0 aliphatic heterocycles. The molecule has 0 bridgehead atoms. The number of thiazole rings is 1. The molecule has 0 spiro atoms. The highest BCUT2D eigenvalue weighted by molar-refractivity contribution is 8.00. The molecule has 74 valence electrons. The summed E-state index contributed by atoms with van der Waals surface area (Å²) in [6.45, 7) is 1.85. The molecule has 0 atom stereocenters. The third-order valence-electron chi connectivity index (χ3n) is 1.69. The van der Waals surface area contributed by atoms with Gasteiger partial charge in [0.1, 0.15) is 5.82 Å². The van der Waals surface area contributed by atoms with E-state index in [2.05, 4.69) is 15.0 Å². The summed E-state index contributed by atoms with van der Waals surface area (Å²) in [4.78, 5) is 13.7. The Morgan fingerprint density at radius 3 is 2.71 bits per heavy atom. The molecule has 14 heavy (non-hydrogen) atoms. The molecule has 0 fully saturated rings. The zero-order valence-electron chi connectivity index (χ0n) is 8.07. The minimum absolute atomic E-state index is 0.559. The van der Waals surface area contributed by atoms with Crippen molar-refractivity contribution in [2.45, 2.75) is 11.3 Å². The summed E-state index contributed by atoms with van der Waals surface area (Å²) in [6.07, 6.45) is 1.99. The van der Waals surface area contributed by atoms with Crippen LogP contribution in [0.1, 0.15) is 5.82 Å². The Morgan fingerprint density at radius 2 is 2.07 bits per heavy atom. The van der Waals surface area contributed by atoms with Crippen LogP contribution in [0.3, 0.4) is 0 Å². The van der Waals surface area contributed by atoms with Gasteiger partial charge in [0.2, 0.25) is 5.88 Å². The second-order valence-electron chi connectivity index (χ2n) is 2.62. The molecule has 0 aromatic carbocycles. The highest BCUT2D eigenvalue weighted by Gasteiger charge is 2.11. The van der Waals surface area contributed by atoms with Gasteiger partial charge in [0, 0.05) is 0 Å². The van der Waals surface area contributed by atoms with Crippen LogP contribution in [-0.4, -0.2) is 28.3 Å². The lowest BCUT2D eigenvalue weighted by atomic mass is 10.5. The van der Waals surface area contributed by atoms with Crippen LogP contribution in [0, 0.1) is 6.92 Å². The van der Waals surface area contributed by atoms with Crippen molar-refractivity contribution in [1.29, 1.82) is 0 Å². The third-order valence-corrected chi connectivity index (χ3v) is 3.62. The highest BCUT2D eigenvalue weighted by atomic mass is 32.2. The molecule has 0 radical (unpaired) electrons. The van der Waals surface area contributed by atoms with Crippen molar-refractivity contribution in [3.05, 3.63) is 5.82 Å². The van der Waals surface area contributed by atoms with E-state index in [9.17, 15) is 0 Å². The zero-order valence-corrected chi connectivity index (χ0v) is 9.70. The number of ether oxygens (including phenoxy) is 1. The van der Waals surface area contributed by atoms with Crippen LogP contribution in [0.2, 0.25) is 0 Å². The van der Waals surface area contributed by atoms with Gasteiger partial charge in [0.15, 0.2) is 14.7 Å². The molecule has 0 saturated heterocycles. The minimum atomic E-state index is 0.559. The van der Waals surface area contributed by atoms with E-state index in [0.29, 0.717) is 11.7 Å². The van der Waals surface area contributed by atoms with Crippen LogP contribution < -0.4 is 4.74 Å². The van der Waals surface area contributed by atoms with Crippen molar-refractivity contribution in [3.63, 3.8) is 0 Å². The predicted molar refractivity (Wildman–Crippen MR) is 58.3 cm³/mol. The van der Waals surface area contributed by atoms with Crippen molar-refractivity contribution < 1.29 is 4.74 Å². The van der Waals surface area contributed by atoms with Gasteiger partial charge in [-0.25, -0.2) is 9.97 Å². The van der Waals surface area contributed by atoms with E-state index in [-0.39, 0.29) is 0 Å². The molecular weight excluding hydrogens is 218 g/mol. The minimum Gasteiger partial charge on any atom is -0.479 e. The number of aromatic nitrogens is 3. The summed E-state index contributed by atoms with van der Waals surface area (Å²) in [5, 5.41) is 0. The number of hydrogen-bond acceptors (Lipinski definition) is 6. The largest absolute Gasteiger partial charge is 0.479 e. The van der Waals surface area contributed by atoms with Crippen molar-refractivity contribution >= 4 is 33.4 Å². The van der Waals surface area contributed by atoms with E-state index in [0.717, 1.165) is 14.7 Å². The number of fused-ring (bicyclic) bond motifs is 1. The first-order valence-electron chi connectivity index (χ1n) is 3.97. The molecule has 2 rings (SSSR count). The van der Waals surface area contributed by atoms with Crippen molar-refractivity contribution in [1.82, 2.24) is 15.0 Å². The van der Waals surface area contributed by atoms with Gasteiger partial charge >= 0.3 is 0 Å². The molecule has 4 nitrogen and oxygen atoms in total. The molecular formula is C8H9N3OS2. The van der Waals surface area contributed by atoms with E-state index in [1.807, 2.05) is 13.2 Å². The second-order valence-corrected chi connectivity index (χ2v) is 4.65. The van der Waals surface area contributed by atoms with Gasteiger partial charge in [0.25, 0.3) is 0 Å².